The lowest BCUT2D eigenvalue weighted by molar-refractivity contribution is 0.314. The minimum atomic E-state index is -3.34. The number of nitrogens with one attached hydrogen (secondary N) is 1. The Morgan fingerprint density at radius 3 is 2.42 bits per heavy atom. The first-order chi connectivity index (χ1) is 8.99. The lowest BCUT2D eigenvalue weighted by Crippen LogP contribution is -2.44. The van der Waals surface area contributed by atoms with Gasteiger partial charge in [0.25, 0.3) is 0 Å². The minimum Gasteiger partial charge on any atom is -0.360 e. The third-order valence-electron chi connectivity index (χ3n) is 3.10. The number of rotatable bonds is 4. The molecule has 1 heterocycles. The highest BCUT2D eigenvalue weighted by Gasteiger charge is 2.23. The Morgan fingerprint density at radius 1 is 1.26 bits per heavy atom. The Kier molecular flexibility index (Phi) is 4.65. The van der Waals surface area contributed by atoms with Crippen LogP contribution in [0.25, 0.3) is 0 Å². The zero-order chi connectivity index (χ0) is 13.9. The molecule has 0 bridgehead atoms. The fourth-order valence-electron chi connectivity index (χ4n) is 1.99. The first kappa shape index (κ1) is 14.6. The van der Waals surface area contributed by atoms with Crippen LogP contribution in [-0.4, -0.2) is 39.5 Å². The Morgan fingerprint density at radius 2 is 1.84 bits per heavy atom. The number of sulfone groups is 1. The Labute approximate surface area is 122 Å². The molecule has 1 saturated heterocycles. The van der Waals surface area contributed by atoms with Crippen LogP contribution in [0.15, 0.2) is 40.3 Å². The summed E-state index contributed by atoms with van der Waals surface area (Å²) in [7, 11) is -3.34. The molecule has 2 rings (SSSR count). The number of halogens is 1. The highest BCUT2D eigenvalue weighted by atomic mass is 79.9. The van der Waals surface area contributed by atoms with Gasteiger partial charge in [0.15, 0.2) is 9.84 Å². The van der Waals surface area contributed by atoms with E-state index >= 15 is 0 Å². The van der Waals surface area contributed by atoms with Crippen molar-refractivity contribution in [1.29, 1.82) is 0 Å². The predicted octanol–water partition coefficient (Wildman–Crippen LogP) is 1.74. The van der Waals surface area contributed by atoms with E-state index < -0.39 is 9.84 Å². The molecule has 1 N–H and O–H groups in total. The topological polar surface area (TPSA) is 49.4 Å². The van der Waals surface area contributed by atoms with Gasteiger partial charge in [0.1, 0.15) is 5.03 Å². The van der Waals surface area contributed by atoms with Gasteiger partial charge in [-0.1, -0.05) is 34.6 Å². The Balaban J connectivity index is 2.09. The summed E-state index contributed by atoms with van der Waals surface area (Å²) < 4.78 is 25.6. The van der Waals surface area contributed by atoms with Gasteiger partial charge in [-0.2, -0.15) is 0 Å². The summed E-state index contributed by atoms with van der Waals surface area (Å²) in [5.74, 6) is 0.00302. The smallest absolute Gasteiger partial charge is 0.196 e. The van der Waals surface area contributed by atoms with E-state index in [9.17, 15) is 8.42 Å². The maximum absolute atomic E-state index is 12.3. The third kappa shape index (κ3) is 3.81. The zero-order valence-corrected chi connectivity index (χ0v) is 13.0. The second-order valence-corrected chi connectivity index (χ2v) is 7.42. The van der Waals surface area contributed by atoms with Crippen molar-refractivity contribution in [3.63, 3.8) is 0 Å². The van der Waals surface area contributed by atoms with E-state index in [2.05, 4.69) is 27.8 Å². The van der Waals surface area contributed by atoms with Crippen molar-refractivity contribution in [2.45, 2.75) is 5.75 Å². The van der Waals surface area contributed by atoms with Crippen molar-refractivity contribution < 1.29 is 8.42 Å². The van der Waals surface area contributed by atoms with E-state index in [4.69, 9.17) is 0 Å². The number of hydrogen-bond donors (Lipinski definition) is 1. The fourth-order valence-corrected chi connectivity index (χ4v) is 3.63. The zero-order valence-electron chi connectivity index (χ0n) is 10.6. The summed E-state index contributed by atoms with van der Waals surface area (Å²) >= 11 is 3.33. The molecule has 0 saturated carbocycles. The van der Waals surface area contributed by atoms with Crippen LogP contribution >= 0.6 is 15.9 Å². The van der Waals surface area contributed by atoms with E-state index in [0.717, 1.165) is 23.1 Å². The molecule has 6 heteroatoms. The van der Waals surface area contributed by atoms with E-state index in [-0.39, 0.29) is 10.8 Å². The van der Waals surface area contributed by atoms with Crippen LogP contribution in [0.2, 0.25) is 0 Å². The van der Waals surface area contributed by atoms with Crippen molar-refractivity contribution in [2.24, 2.45) is 0 Å². The van der Waals surface area contributed by atoms with Crippen LogP contribution in [0.3, 0.4) is 0 Å². The summed E-state index contributed by atoms with van der Waals surface area (Å²) in [6, 6.07) is 7.32. The van der Waals surface area contributed by atoms with Gasteiger partial charge < -0.3 is 10.2 Å². The molecular formula is C13H17BrN2O2S. The second-order valence-electron chi connectivity index (χ2n) is 4.52. The fraction of sp³-hybridized carbons (Fsp3) is 0.385. The van der Waals surface area contributed by atoms with E-state index in [0.29, 0.717) is 13.1 Å². The second kappa shape index (κ2) is 6.07. The third-order valence-corrected chi connectivity index (χ3v) is 5.32. The Bertz CT molecular complexity index is 549. The van der Waals surface area contributed by atoms with Crippen LogP contribution < -0.4 is 5.32 Å². The SMILES string of the molecule is C=C(N1CCNCC1)S(=O)(=O)Cc1ccc(Br)cc1. The molecule has 19 heavy (non-hydrogen) atoms. The molecule has 0 aromatic heterocycles. The monoisotopic (exact) mass is 344 g/mol. The largest absolute Gasteiger partial charge is 0.360 e. The van der Waals surface area contributed by atoms with Gasteiger partial charge in [-0.25, -0.2) is 8.42 Å². The minimum absolute atomic E-state index is 0.00302. The highest BCUT2D eigenvalue weighted by molar-refractivity contribution is 9.10. The van der Waals surface area contributed by atoms with Crippen LogP contribution in [0.1, 0.15) is 5.56 Å². The standard InChI is InChI=1S/C13H17BrN2O2S/c1-11(16-8-6-15-7-9-16)19(17,18)10-12-2-4-13(14)5-3-12/h2-5,15H,1,6-10H2. The molecule has 0 amide bonds. The quantitative estimate of drug-likeness (QED) is 0.903. The van der Waals surface area contributed by atoms with Gasteiger partial charge >= 0.3 is 0 Å². The number of hydrogen-bond acceptors (Lipinski definition) is 4. The molecule has 4 nitrogen and oxygen atoms in total. The van der Waals surface area contributed by atoms with Crippen LogP contribution in [0.4, 0.5) is 0 Å². The number of nitrogens with zero attached hydrogens (tertiary/aromatic N) is 1. The lowest BCUT2D eigenvalue weighted by atomic mass is 10.2. The average molecular weight is 345 g/mol. The summed E-state index contributed by atoms with van der Waals surface area (Å²) in [5, 5.41) is 3.43. The highest BCUT2D eigenvalue weighted by Crippen LogP contribution is 2.18. The molecule has 1 aromatic rings. The Hall–Kier alpha value is -0.850. The van der Waals surface area contributed by atoms with Crippen LogP contribution in [0, 0.1) is 0 Å². The molecule has 104 valence electrons. The van der Waals surface area contributed by atoms with E-state index in [1.807, 2.05) is 29.2 Å². The maximum Gasteiger partial charge on any atom is 0.196 e. The van der Waals surface area contributed by atoms with E-state index in [1.165, 1.54) is 0 Å². The first-order valence-corrected chi connectivity index (χ1v) is 8.55. The molecule has 1 aromatic carbocycles. The van der Waals surface area contributed by atoms with Gasteiger partial charge in [0, 0.05) is 30.7 Å². The normalized spacial score (nSPS) is 16.4. The predicted molar refractivity (Wildman–Crippen MR) is 80.3 cm³/mol. The van der Waals surface area contributed by atoms with Gasteiger partial charge in [0.05, 0.1) is 5.75 Å². The maximum atomic E-state index is 12.3. The van der Waals surface area contributed by atoms with Crippen molar-refractivity contribution in [1.82, 2.24) is 10.2 Å². The van der Waals surface area contributed by atoms with Gasteiger partial charge in [-0.3, -0.25) is 0 Å². The molecule has 0 unspecified atom stereocenters. The molecule has 0 spiro atoms. The van der Waals surface area contributed by atoms with Crippen molar-refractivity contribution in [2.75, 3.05) is 26.2 Å². The summed E-state index contributed by atoms with van der Waals surface area (Å²) in [6.45, 7) is 6.75. The van der Waals surface area contributed by atoms with Crippen molar-refractivity contribution >= 4 is 25.8 Å². The van der Waals surface area contributed by atoms with Gasteiger partial charge in [-0.15, -0.1) is 0 Å². The molecule has 0 radical (unpaired) electrons. The summed E-state index contributed by atoms with van der Waals surface area (Å²) in [6.07, 6.45) is 0. The lowest BCUT2D eigenvalue weighted by Gasteiger charge is -2.30. The molecular weight excluding hydrogens is 328 g/mol. The van der Waals surface area contributed by atoms with Crippen LogP contribution in [0.5, 0.6) is 0 Å². The van der Waals surface area contributed by atoms with Crippen molar-refractivity contribution in [3.05, 3.63) is 45.9 Å². The van der Waals surface area contributed by atoms with Crippen molar-refractivity contribution in [3.8, 4) is 0 Å². The summed E-state index contributed by atoms with van der Waals surface area (Å²) in [4.78, 5) is 1.84. The average Bonchev–Trinajstić information content (AvgIpc) is 2.41. The summed E-state index contributed by atoms with van der Waals surface area (Å²) in [5.41, 5.74) is 0.777. The molecule has 0 aliphatic carbocycles. The van der Waals surface area contributed by atoms with Gasteiger partial charge in [-0.05, 0) is 17.7 Å². The van der Waals surface area contributed by atoms with Crippen LogP contribution in [-0.2, 0) is 15.6 Å². The number of benzene rings is 1. The van der Waals surface area contributed by atoms with Gasteiger partial charge in [0.2, 0.25) is 0 Å². The molecule has 1 fully saturated rings. The molecule has 1 aliphatic heterocycles. The number of piperazine rings is 1. The molecule has 0 atom stereocenters. The first-order valence-electron chi connectivity index (χ1n) is 6.11. The van der Waals surface area contributed by atoms with E-state index in [1.54, 1.807) is 0 Å². The molecule has 1 aliphatic rings.